The Morgan fingerprint density at radius 3 is 2.33 bits per heavy atom. The molecule has 172 valence electrons. The minimum Gasteiger partial charge on any atom is -0.338 e. The van der Waals surface area contributed by atoms with Gasteiger partial charge in [0, 0.05) is 36.9 Å². The van der Waals surface area contributed by atoms with E-state index in [1.165, 1.54) is 17.3 Å². The molecule has 2 aromatic carbocycles. The number of carbonyl (C=O) groups is 1. The zero-order valence-corrected chi connectivity index (χ0v) is 20.3. The van der Waals surface area contributed by atoms with Gasteiger partial charge in [-0.1, -0.05) is 93.2 Å². The van der Waals surface area contributed by atoms with Crippen molar-refractivity contribution in [3.05, 3.63) is 93.9 Å². The largest absolute Gasteiger partial charge is 0.338 e. The lowest BCUT2D eigenvalue weighted by atomic mass is 9.92. The number of hydrogen-bond donors (Lipinski definition) is 0. The van der Waals surface area contributed by atoms with Crippen LogP contribution in [-0.4, -0.2) is 32.7 Å². The van der Waals surface area contributed by atoms with Crippen LogP contribution in [0.4, 0.5) is 0 Å². The lowest BCUT2D eigenvalue weighted by Crippen LogP contribution is -2.43. The van der Waals surface area contributed by atoms with Crippen LogP contribution in [0.1, 0.15) is 37.6 Å². The van der Waals surface area contributed by atoms with Gasteiger partial charge in [0.15, 0.2) is 5.16 Å². The second-order valence-corrected chi connectivity index (χ2v) is 10.6. The summed E-state index contributed by atoms with van der Waals surface area (Å²) in [5.41, 5.74) is 2.85. The molecule has 0 radical (unpaired) electrons. The minimum atomic E-state index is -0.248. The van der Waals surface area contributed by atoms with Crippen LogP contribution in [0.5, 0.6) is 0 Å². The zero-order valence-electron chi connectivity index (χ0n) is 19.5. The van der Waals surface area contributed by atoms with Crippen molar-refractivity contribution < 1.29 is 4.79 Å². The molecule has 0 saturated heterocycles. The summed E-state index contributed by atoms with van der Waals surface area (Å²) in [6.07, 6.45) is 0.798. The molecule has 1 aliphatic heterocycles. The monoisotopic (exact) mass is 461 g/mol. The molecule has 1 amide bonds. The molecular weight excluding hydrogens is 430 g/mol. The fraction of sp³-hybridized carbons (Fsp3) is 0.370. The molecule has 2 heterocycles. The summed E-state index contributed by atoms with van der Waals surface area (Å²) >= 11 is 1.51. The molecule has 5 nitrogen and oxygen atoms in total. The highest BCUT2D eigenvalue weighted by atomic mass is 32.2. The van der Waals surface area contributed by atoms with Crippen molar-refractivity contribution >= 4 is 17.7 Å². The Morgan fingerprint density at radius 2 is 1.70 bits per heavy atom. The number of thioether (sulfide) groups is 1. The third-order valence-electron chi connectivity index (χ3n) is 5.95. The molecule has 0 aliphatic carbocycles. The smallest absolute Gasteiger partial charge is 0.254 e. The van der Waals surface area contributed by atoms with E-state index < -0.39 is 0 Å². The summed E-state index contributed by atoms with van der Waals surface area (Å²) < 4.78 is 1.67. The molecular formula is C27H31N3O2S. The number of carbonyl (C=O) groups excluding carboxylic acids is 1. The third kappa shape index (κ3) is 5.74. The lowest BCUT2D eigenvalue weighted by molar-refractivity contribution is -0.136. The average Bonchev–Trinajstić information content (AvgIpc) is 2.82. The quantitative estimate of drug-likeness (QED) is 0.506. The molecule has 1 aliphatic rings. The van der Waals surface area contributed by atoms with Gasteiger partial charge in [-0.25, -0.2) is 4.98 Å². The van der Waals surface area contributed by atoms with E-state index in [1.807, 2.05) is 41.3 Å². The van der Waals surface area contributed by atoms with Gasteiger partial charge < -0.3 is 4.90 Å². The molecule has 1 aromatic heterocycles. The maximum Gasteiger partial charge on any atom is 0.254 e. The van der Waals surface area contributed by atoms with Crippen molar-refractivity contribution in [3.63, 3.8) is 0 Å². The zero-order chi connectivity index (χ0) is 23.4. The van der Waals surface area contributed by atoms with Gasteiger partial charge in [-0.05, 0) is 17.5 Å². The summed E-state index contributed by atoms with van der Waals surface area (Å²) in [6, 6.07) is 22.0. The lowest BCUT2D eigenvalue weighted by Gasteiger charge is -2.31. The van der Waals surface area contributed by atoms with Gasteiger partial charge in [0.1, 0.15) is 0 Å². The summed E-state index contributed by atoms with van der Waals surface area (Å²) in [5, 5.41) is 0.718. The molecule has 33 heavy (non-hydrogen) atoms. The Hall–Kier alpha value is -2.86. The second-order valence-electron chi connectivity index (χ2n) is 9.61. The molecule has 0 bridgehead atoms. The molecule has 0 fully saturated rings. The Bertz CT molecular complexity index is 1150. The van der Waals surface area contributed by atoms with Crippen molar-refractivity contribution in [1.82, 2.24) is 14.5 Å². The van der Waals surface area contributed by atoms with Crippen LogP contribution >= 0.6 is 11.8 Å². The predicted octanol–water partition coefficient (Wildman–Crippen LogP) is 4.53. The van der Waals surface area contributed by atoms with E-state index in [0.717, 1.165) is 22.8 Å². The first-order chi connectivity index (χ1) is 15.8. The van der Waals surface area contributed by atoms with Gasteiger partial charge in [-0.15, -0.1) is 0 Å². The Morgan fingerprint density at radius 1 is 1.06 bits per heavy atom. The predicted molar refractivity (Wildman–Crippen MR) is 133 cm³/mol. The number of amides is 1. The summed E-state index contributed by atoms with van der Waals surface area (Å²) in [5.74, 6) is 0.483. The number of rotatable bonds is 6. The fourth-order valence-corrected chi connectivity index (χ4v) is 5.06. The number of hydrogen-bond acceptors (Lipinski definition) is 4. The molecule has 1 atom stereocenters. The topological polar surface area (TPSA) is 55.2 Å². The van der Waals surface area contributed by atoms with Crippen LogP contribution in [0.2, 0.25) is 0 Å². The molecule has 0 spiro atoms. The van der Waals surface area contributed by atoms with Crippen molar-refractivity contribution in [2.24, 2.45) is 5.92 Å². The second kappa shape index (κ2) is 9.96. The molecule has 3 aromatic rings. The summed E-state index contributed by atoms with van der Waals surface area (Å²) in [4.78, 5) is 33.2. The number of aromatic nitrogens is 2. The first-order valence-electron chi connectivity index (χ1n) is 11.4. The molecule has 1 unspecified atom stereocenters. The van der Waals surface area contributed by atoms with E-state index >= 15 is 0 Å². The maximum atomic E-state index is 13.6. The Kier molecular flexibility index (Phi) is 7.03. The van der Waals surface area contributed by atoms with Crippen LogP contribution in [0.15, 0.2) is 76.7 Å². The van der Waals surface area contributed by atoms with Crippen LogP contribution in [0.25, 0.3) is 0 Å². The van der Waals surface area contributed by atoms with Gasteiger partial charge in [-0.3, -0.25) is 14.2 Å². The van der Waals surface area contributed by atoms with E-state index in [2.05, 4.69) is 45.0 Å². The first-order valence-corrected chi connectivity index (χ1v) is 12.4. The molecule has 4 rings (SSSR count). The number of fused-ring (bicyclic) bond motifs is 1. The average molecular weight is 462 g/mol. The Labute approximate surface area is 199 Å². The van der Waals surface area contributed by atoms with Crippen molar-refractivity contribution in [1.29, 1.82) is 0 Å². The summed E-state index contributed by atoms with van der Waals surface area (Å²) in [7, 11) is 0. The highest BCUT2D eigenvalue weighted by molar-refractivity contribution is 7.99. The van der Waals surface area contributed by atoms with Gasteiger partial charge >= 0.3 is 0 Å². The van der Waals surface area contributed by atoms with Crippen molar-refractivity contribution in [2.75, 3.05) is 12.3 Å². The highest BCUT2D eigenvalue weighted by Crippen LogP contribution is 2.29. The normalized spacial score (nSPS) is 15.7. The van der Waals surface area contributed by atoms with E-state index in [9.17, 15) is 9.59 Å². The first kappa shape index (κ1) is 23.3. The minimum absolute atomic E-state index is 0.0752. The van der Waals surface area contributed by atoms with Crippen LogP contribution < -0.4 is 5.56 Å². The molecule has 0 N–H and O–H groups in total. The highest BCUT2D eigenvalue weighted by Gasteiger charge is 2.31. The van der Waals surface area contributed by atoms with Crippen molar-refractivity contribution in [2.45, 2.75) is 50.9 Å². The maximum absolute atomic E-state index is 13.6. The molecule has 6 heteroatoms. The van der Waals surface area contributed by atoms with Gasteiger partial charge in [0.25, 0.3) is 5.56 Å². The van der Waals surface area contributed by atoms with E-state index in [1.54, 1.807) is 10.6 Å². The van der Waals surface area contributed by atoms with E-state index in [0.29, 0.717) is 25.4 Å². The third-order valence-corrected chi connectivity index (χ3v) is 7.09. The van der Waals surface area contributed by atoms with Crippen molar-refractivity contribution in [3.8, 4) is 0 Å². The molecule has 0 saturated carbocycles. The van der Waals surface area contributed by atoms with Gasteiger partial charge in [-0.2, -0.15) is 0 Å². The fourth-order valence-electron chi connectivity index (χ4n) is 3.98. The SMILES string of the molecule is CC(C)(C)c1cc(=O)n2c(n1)SCC(C(=O)N(CCc1ccccc1)Cc1ccccc1)C2. The van der Waals surface area contributed by atoms with Crippen LogP contribution in [0, 0.1) is 5.92 Å². The number of nitrogens with zero attached hydrogens (tertiary/aromatic N) is 3. The van der Waals surface area contributed by atoms with Gasteiger partial charge in [0.05, 0.1) is 11.6 Å². The van der Waals surface area contributed by atoms with E-state index in [4.69, 9.17) is 4.98 Å². The van der Waals surface area contributed by atoms with Gasteiger partial charge in [0.2, 0.25) is 5.91 Å². The van der Waals surface area contributed by atoms with Crippen LogP contribution in [0.3, 0.4) is 0 Å². The summed E-state index contributed by atoms with van der Waals surface area (Å²) in [6.45, 7) is 7.76. The number of benzene rings is 2. The van der Waals surface area contributed by atoms with E-state index in [-0.39, 0.29) is 22.8 Å². The Balaban J connectivity index is 1.54. The van der Waals surface area contributed by atoms with Crippen LogP contribution in [-0.2, 0) is 29.7 Å². The standard InChI is InChI=1S/C27H31N3O2S/c1-27(2,3)23-16-24(31)30-18-22(19-33-26(30)28-23)25(32)29(17-21-12-8-5-9-13-21)15-14-20-10-6-4-7-11-20/h4-13,16,22H,14-15,17-19H2,1-3H3.